The van der Waals surface area contributed by atoms with Crippen molar-refractivity contribution >= 4 is 50.5 Å². The molecule has 0 nitrogen and oxygen atoms in total. The van der Waals surface area contributed by atoms with Crippen LogP contribution in [0.15, 0.2) is 23.3 Å². The van der Waals surface area contributed by atoms with Gasteiger partial charge in [-0.3, -0.25) is 0 Å². The topological polar surface area (TPSA) is 0 Å². The van der Waals surface area contributed by atoms with Crippen LogP contribution in [0.2, 0.25) is 0 Å². The van der Waals surface area contributed by atoms with Crippen molar-refractivity contribution in [1.82, 2.24) is 0 Å². The fourth-order valence-electron chi connectivity index (χ4n) is 1.58. The number of rotatable bonds is 4. The second-order valence-corrected chi connectivity index (χ2v) is 4.90. The molecule has 0 fully saturated rings. The first-order valence-corrected chi connectivity index (χ1v) is 7.08. The molecule has 0 saturated heterocycles. The Balaban J connectivity index is 2.89. The minimum atomic E-state index is 0.122. The van der Waals surface area contributed by atoms with E-state index in [0.717, 1.165) is 29.4 Å². The van der Waals surface area contributed by atoms with Crippen molar-refractivity contribution in [3.05, 3.63) is 23.3 Å². The van der Waals surface area contributed by atoms with Crippen LogP contribution < -0.4 is 0 Å². The summed E-state index contributed by atoms with van der Waals surface area (Å²) >= 11 is 17.5. The summed E-state index contributed by atoms with van der Waals surface area (Å²) in [4.78, 5) is 0. The molecule has 0 N–H and O–H groups in total. The van der Waals surface area contributed by atoms with Gasteiger partial charge in [0.05, 0.1) is 0 Å². The largest absolute Gasteiger partial charge is 0.178 e. The molecule has 1 aliphatic carbocycles. The Bertz CT molecular complexity index is 251. The first-order valence-electron chi connectivity index (χ1n) is 4.55. The van der Waals surface area contributed by atoms with Crippen LogP contribution in [0, 0.1) is 5.41 Å². The van der Waals surface area contributed by atoms with Crippen molar-refractivity contribution in [3.63, 3.8) is 0 Å². The average Bonchev–Trinajstić information content (AvgIpc) is 2.28. The molecule has 0 radical (unpaired) electrons. The molecular weight excluding hydrogens is 248 g/mol. The maximum absolute atomic E-state index is 4.40. The molecule has 0 spiro atoms. The van der Waals surface area contributed by atoms with E-state index in [1.165, 1.54) is 11.1 Å². The third kappa shape index (κ3) is 2.71. The summed E-state index contributed by atoms with van der Waals surface area (Å²) in [6.45, 7) is 0. The van der Waals surface area contributed by atoms with E-state index in [9.17, 15) is 0 Å². The van der Waals surface area contributed by atoms with Crippen molar-refractivity contribution in [1.29, 1.82) is 0 Å². The third-order valence-electron chi connectivity index (χ3n) is 2.65. The summed E-state index contributed by atoms with van der Waals surface area (Å²) in [5.74, 6) is 3.28. The van der Waals surface area contributed by atoms with Gasteiger partial charge in [-0.15, -0.1) is 0 Å². The van der Waals surface area contributed by atoms with Crippen LogP contribution in [-0.2, 0) is 0 Å². The van der Waals surface area contributed by atoms with Gasteiger partial charge in [0.15, 0.2) is 0 Å². The Hall–Kier alpha value is 0.880. The Kier molecular flexibility index (Phi) is 5.39. The van der Waals surface area contributed by atoms with Crippen LogP contribution in [0.1, 0.15) is 6.42 Å². The molecule has 0 aromatic carbocycles. The van der Waals surface area contributed by atoms with Crippen LogP contribution in [0.3, 0.4) is 0 Å². The van der Waals surface area contributed by atoms with Crippen LogP contribution in [0.25, 0.3) is 0 Å². The molecule has 0 aromatic heterocycles. The maximum Gasteiger partial charge on any atom is 0.0154 e. The minimum absolute atomic E-state index is 0.122. The number of hydrogen-bond donors (Lipinski definition) is 4. The van der Waals surface area contributed by atoms with E-state index in [-0.39, 0.29) is 5.41 Å². The predicted molar refractivity (Wildman–Crippen MR) is 78.6 cm³/mol. The lowest BCUT2D eigenvalue weighted by molar-refractivity contribution is 0.492. The Morgan fingerprint density at radius 3 is 2.14 bits per heavy atom. The lowest BCUT2D eigenvalue weighted by Gasteiger charge is -2.32. The van der Waals surface area contributed by atoms with Gasteiger partial charge in [-0.1, -0.05) is 17.7 Å². The molecule has 0 aromatic rings. The zero-order valence-corrected chi connectivity index (χ0v) is 11.6. The minimum Gasteiger partial charge on any atom is -0.178 e. The third-order valence-corrected chi connectivity index (χ3v) is 4.63. The molecule has 4 heteroatoms. The van der Waals surface area contributed by atoms with Crippen LogP contribution in [0.5, 0.6) is 0 Å². The second kappa shape index (κ2) is 5.83. The molecule has 0 atom stereocenters. The van der Waals surface area contributed by atoms with Gasteiger partial charge in [-0.2, -0.15) is 50.5 Å². The number of allylic oxidation sites excluding steroid dienone is 2. The molecule has 0 aliphatic heterocycles. The quantitative estimate of drug-likeness (QED) is 0.551. The maximum atomic E-state index is 4.40. The van der Waals surface area contributed by atoms with E-state index in [4.69, 9.17) is 0 Å². The monoisotopic (exact) mass is 264 g/mol. The predicted octanol–water partition coefficient (Wildman–Crippen LogP) is 2.95. The second-order valence-electron chi connectivity index (χ2n) is 3.63. The Morgan fingerprint density at radius 2 is 1.71 bits per heavy atom. The van der Waals surface area contributed by atoms with E-state index >= 15 is 0 Å². The zero-order valence-electron chi connectivity index (χ0n) is 7.98. The van der Waals surface area contributed by atoms with Crippen molar-refractivity contribution in [3.8, 4) is 0 Å². The van der Waals surface area contributed by atoms with Gasteiger partial charge in [-0.25, -0.2) is 0 Å². The standard InChI is InChI=1S/C10H16S4/c11-4-8-1-2-10(6-13,7-14)3-9(8)5-12/h1-2,11-14H,3-7H2. The summed E-state index contributed by atoms with van der Waals surface area (Å²) in [6.07, 6.45) is 5.41. The molecular formula is C10H16S4. The molecule has 0 amide bonds. The van der Waals surface area contributed by atoms with E-state index in [1.807, 2.05) is 0 Å². The molecule has 0 bridgehead atoms. The van der Waals surface area contributed by atoms with E-state index in [0.29, 0.717) is 0 Å². The Morgan fingerprint density at radius 1 is 1.07 bits per heavy atom. The normalized spacial score (nSPS) is 20.3. The van der Waals surface area contributed by atoms with Crippen LogP contribution in [0.4, 0.5) is 0 Å². The fourth-order valence-corrected chi connectivity index (χ4v) is 3.06. The van der Waals surface area contributed by atoms with E-state index in [1.54, 1.807) is 0 Å². The van der Waals surface area contributed by atoms with Crippen molar-refractivity contribution in [2.75, 3.05) is 23.0 Å². The summed E-state index contributed by atoms with van der Waals surface area (Å²) in [6, 6.07) is 0. The molecule has 1 rings (SSSR count). The lowest BCUT2D eigenvalue weighted by atomic mass is 9.80. The fraction of sp³-hybridized carbons (Fsp3) is 0.600. The smallest absolute Gasteiger partial charge is 0.0154 e. The average molecular weight is 265 g/mol. The molecule has 80 valence electrons. The van der Waals surface area contributed by atoms with E-state index in [2.05, 4.69) is 62.7 Å². The highest BCUT2D eigenvalue weighted by molar-refractivity contribution is 7.81. The lowest BCUT2D eigenvalue weighted by Crippen LogP contribution is -2.26. The van der Waals surface area contributed by atoms with Crippen LogP contribution in [-0.4, -0.2) is 23.0 Å². The summed E-state index contributed by atoms with van der Waals surface area (Å²) in [5.41, 5.74) is 2.81. The highest BCUT2D eigenvalue weighted by atomic mass is 32.1. The Labute approximate surface area is 108 Å². The van der Waals surface area contributed by atoms with Gasteiger partial charge in [0.1, 0.15) is 0 Å². The van der Waals surface area contributed by atoms with Gasteiger partial charge in [0, 0.05) is 28.4 Å². The van der Waals surface area contributed by atoms with Gasteiger partial charge >= 0.3 is 0 Å². The van der Waals surface area contributed by atoms with Crippen molar-refractivity contribution < 1.29 is 0 Å². The SMILES string of the molecule is SCC1=C(CS)CC(CS)(CS)C=C1. The van der Waals surface area contributed by atoms with Crippen LogP contribution >= 0.6 is 50.5 Å². The molecule has 0 saturated carbocycles. The van der Waals surface area contributed by atoms with Gasteiger partial charge < -0.3 is 0 Å². The van der Waals surface area contributed by atoms with Gasteiger partial charge in [-0.05, 0) is 12.0 Å². The molecule has 1 aliphatic rings. The summed E-state index contributed by atoms with van der Waals surface area (Å²) in [7, 11) is 0. The van der Waals surface area contributed by atoms with E-state index < -0.39 is 0 Å². The highest BCUT2D eigenvalue weighted by Crippen LogP contribution is 2.37. The first-order chi connectivity index (χ1) is 6.71. The molecule has 14 heavy (non-hydrogen) atoms. The zero-order chi connectivity index (χ0) is 10.6. The molecule has 0 heterocycles. The number of thiol groups is 4. The summed E-state index contributed by atoms with van der Waals surface area (Å²) < 4.78 is 0. The van der Waals surface area contributed by atoms with Gasteiger partial charge in [0.25, 0.3) is 0 Å². The van der Waals surface area contributed by atoms with Crippen molar-refractivity contribution in [2.24, 2.45) is 5.41 Å². The molecule has 0 unspecified atom stereocenters. The number of hydrogen-bond acceptors (Lipinski definition) is 4. The summed E-state index contributed by atoms with van der Waals surface area (Å²) in [5, 5.41) is 0. The first kappa shape index (κ1) is 12.9. The van der Waals surface area contributed by atoms with Crippen molar-refractivity contribution in [2.45, 2.75) is 6.42 Å². The highest BCUT2D eigenvalue weighted by Gasteiger charge is 2.28. The van der Waals surface area contributed by atoms with Gasteiger partial charge in [0.2, 0.25) is 0 Å².